The van der Waals surface area contributed by atoms with Crippen LogP contribution in [0.15, 0.2) is 30.3 Å². The summed E-state index contributed by atoms with van der Waals surface area (Å²) in [6.07, 6.45) is 1.64. The molecule has 0 atom stereocenters. The molecule has 4 heteroatoms. The zero-order chi connectivity index (χ0) is 11.7. The highest BCUT2D eigenvalue weighted by atomic mass is 16.6. The number of para-hydroxylation sites is 1. The SMILES string of the molecule is CC(C)CC=O.O=[N+]([O-])c1ccccc1. The summed E-state index contributed by atoms with van der Waals surface area (Å²) in [6, 6.07) is 7.93. The number of carbonyl (C=O) groups excluding carboxylic acids is 1. The first-order chi connectivity index (χ1) is 7.07. The van der Waals surface area contributed by atoms with Crippen molar-refractivity contribution in [2.75, 3.05) is 0 Å². The number of nitro benzene ring substituents is 1. The molecule has 1 aromatic carbocycles. The van der Waals surface area contributed by atoms with Gasteiger partial charge in [0.15, 0.2) is 0 Å². The van der Waals surface area contributed by atoms with Gasteiger partial charge in [0, 0.05) is 18.6 Å². The number of hydrogen-bond acceptors (Lipinski definition) is 3. The Labute approximate surface area is 89.1 Å². The molecule has 0 saturated carbocycles. The van der Waals surface area contributed by atoms with Gasteiger partial charge in [-0.15, -0.1) is 0 Å². The van der Waals surface area contributed by atoms with Gasteiger partial charge in [0.2, 0.25) is 0 Å². The Morgan fingerprint density at radius 2 is 1.87 bits per heavy atom. The summed E-state index contributed by atoms with van der Waals surface area (Å²) in [5.41, 5.74) is 0.137. The average molecular weight is 209 g/mol. The molecule has 82 valence electrons. The van der Waals surface area contributed by atoms with Crippen molar-refractivity contribution in [2.24, 2.45) is 5.92 Å². The zero-order valence-electron chi connectivity index (χ0n) is 8.92. The van der Waals surface area contributed by atoms with E-state index in [1.165, 1.54) is 12.1 Å². The molecule has 0 amide bonds. The molecule has 0 aliphatic rings. The highest BCUT2D eigenvalue weighted by Gasteiger charge is 1.98. The molecule has 0 radical (unpaired) electrons. The van der Waals surface area contributed by atoms with Gasteiger partial charge in [0.25, 0.3) is 5.69 Å². The second-order valence-corrected chi connectivity index (χ2v) is 3.39. The van der Waals surface area contributed by atoms with Crippen molar-refractivity contribution in [3.63, 3.8) is 0 Å². The van der Waals surface area contributed by atoms with E-state index in [1.807, 2.05) is 13.8 Å². The molecule has 15 heavy (non-hydrogen) atoms. The molecule has 0 saturated heterocycles. The van der Waals surface area contributed by atoms with Gasteiger partial charge in [0.1, 0.15) is 6.29 Å². The Morgan fingerprint density at radius 1 is 1.33 bits per heavy atom. The van der Waals surface area contributed by atoms with Gasteiger partial charge in [-0.1, -0.05) is 32.0 Å². The number of nitro groups is 1. The lowest BCUT2D eigenvalue weighted by atomic mass is 10.2. The predicted octanol–water partition coefficient (Wildman–Crippen LogP) is 2.83. The first-order valence-electron chi connectivity index (χ1n) is 4.71. The summed E-state index contributed by atoms with van der Waals surface area (Å²) in [7, 11) is 0. The average Bonchev–Trinajstić information content (AvgIpc) is 2.20. The molecular formula is C11H15NO3. The van der Waals surface area contributed by atoms with E-state index in [9.17, 15) is 14.9 Å². The topological polar surface area (TPSA) is 60.2 Å². The second kappa shape index (κ2) is 7.67. The smallest absolute Gasteiger partial charge is 0.269 e. The summed E-state index contributed by atoms with van der Waals surface area (Å²) in [5.74, 6) is 0.530. The van der Waals surface area contributed by atoms with Crippen LogP contribution in [0, 0.1) is 16.0 Å². The molecule has 4 nitrogen and oxygen atoms in total. The van der Waals surface area contributed by atoms with Crippen LogP contribution in [0.25, 0.3) is 0 Å². The molecule has 0 unspecified atom stereocenters. The minimum Gasteiger partial charge on any atom is -0.303 e. The van der Waals surface area contributed by atoms with E-state index in [2.05, 4.69) is 0 Å². The van der Waals surface area contributed by atoms with Crippen molar-refractivity contribution < 1.29 is 9.72 Å². The normalized spacial score (nSPS) is 9.00. The predicted molar refractivity (Wildman–Crippen MR) is 58.6 cm³/mol. The number of non-ortho nitro benzene ring substituents is 1. The van der Waals surface area contributed by atoms with Gasteiger partial charge in [-0.25, -0.2) is 0 Å². The lowest BCUT2D eigenvalue weighted by molar-refractivity contribution is -0.384. The van der Waals surface area contributed by atoms with Crippen LogP contribution in [0.1, 0.15) is 20.3 Å². The third-order valence-electron chi connectivity index (χ3n) is 1.53. The minimum atomic E-state index is -0.417. The quantitative estimate of drug-likeness (QED) is 0.437. The summed E-state index contributed by atoms with van der Waals surface area (Å²) in [6.45, 7) is 4.04. The molecule has 0 heterocycles. The largest absolute Gasteiger partial charge is 0.303 e. The maximum absolute atomic E-state index is 10.0. The molecular weight excluding hydrogens is 194 g/mol. The summed E-state index contributed by atoms with van der Waals surface area (Å²) in [5, 5.41) is 10.0. The highest BCUT2D eigenvalue weighted by Crippen LogP contribution is 2.06. The van der Waals surface area contributed by atoms with E-state index in [4.69, 9.17) is 0 Å². The fourth-order valence-electron chi connectivity index (χ4n) is 0.742. The zero-order valence-corrected chi connectivity index (χ0v) is 8.92. The van der Waals surface area contributed by atoms with Crippen LogP contribution in [0.4, 0.5) is 5.69 Å². The Balaban J connectivity index is 0.000000288. The van der Waals surface area contributed by atoms with Crippen molar-refractivity contribution >= 4 is 12.0 Å². The van der Waals surface area contributed by atoms with Crippen LogP contribution >= 0.6 is 0 Å². The molecule has 0 fully saturated rings. The molecule has 0 bridgehead atoms. The fraction of sp³-hybridized carbons (Fsp3) is 0.364. The fourth-order valence-corrected chi connectivity index (χ4v) is 0.742. The lowest BCUT2D eigenvalue weighted by Crippen LogP contribution is -1.84. The monoisotopic (exact) mass is 209 g/mol. The third-order valence-corrected chi connectivity index (χ3v) is 1.53. The van der Waals surface area contributed by atoms with Crippen LogP contribution in [0.3, 0.4) is 0 Å². The molecule has 0 aliphatic heterocycles. The number of nitrogens with zero attached hydrogens (tertiary/aromatic N) is 1. The van der Waals surface area contributed by atoms with Crippen LogP contribution in [0.2, 0.25) is 0 Å². The van der Waals surface area contributed by atoms with Gasteiger partial charge in [-0.05, 0) is 5.92 Å². The van der Waals surface area contributed by atoms with Crippen molar-refractivity contribution in [2.45, 2.75) is 20.3 Å². The van der Waals surface area contributed by atoms with E-state index < -0.39 is 4.92 Å². The molecule has 0 spiro atoms. The van der Waals surface area contributed by atoms with Crippen molar-refractivity contribution in [3.05, 3.63) is 40.4 Å². The van der Waals surface area contributed by atoms with Crippen LogP contribution in [-0.2, 0) is 4.79 Å². The number of carbonyl (C=O) groups is 1. The molecule has 0 N–H and O–H groups in total. The minimum absolute atomic E-state index is 0.137. The molecule has 0 aromatic heterocycles. The molecule has 1 rings (SSSR count). The third kappa shape index (κ3) is 7.37. The van der Waals surface area contributed by atoms with Crippen molar-refractivity contribution in [1.82, 2.24) is 0 Å². The molecule has 0 aliphatic carbocycles. The van der Waals surface area contributed by atoms with Gasteiger partial charge < -0.3 is 4.79 Å². The van der Waals surface area contributed by atoms with Gasteiger partial charge in [0.05, 0.1) is 4.92 Å². The lowest BCUT2D eigenvalue weighted by Gasteiger charge is -1.89. The van der Waals surface area contributed by atoms with Crippen LogP contribution in [-0.4, -0.2) is 11.2 Å². The summed E-state index contributed by atoms with van der Waals surface area (Å²) < 4.78 is 0. The van der Waals surface area contributed by atoms with E-state index in [1.54, 1.807) is 18.2 Å². The van der Waals surface area contributed by atoms with E-state index in [0.29, 0.717) is 12.3 Å². The maximum Gasteiger partial charge on any atom is 0.269 e. The van der Waals surface area contributed by atoms with Crippen molar-refractivity contribution in [3.8, 4) is 0 Å². The van der Waals surface area contributed by atoms with Crippen molar-refractivity contribution in [1.29, 1.82) is 0 Å². The first kappa shape index (κ1) is 13.3. The number of benzene rings is 1. The Bertz CT molecular complexity index is 296. The Hall–Kier alpha value is -1.71. The maximum atomic E-state index is 10.0. The first-order valence-corrected chi connectivity index (χ1v) is 4.71. The Morgan fingerprint density at radius 3 is 2.07 bits per heavy atom. The molecule has 1 aromatic rings. The van der Waals surface area contributed by atoms with Gasteiger partial charge in [-0.3, -0.25) is 10.1 Å². The highest BCUT2D eigenvalue weighted by molar-refractivity contribution is 5.49. The number of aldehydes is 1. The Kier molecular flexibility index (Phi) is 6.80. The number of hydrogen-bond donors (Lipinski definition) is 0. The van der Waals surface area contributed by atoms with Gasteiger partial charge >= 0.3 is 0 Å². The van der Waals surface area contributed by atoms with E-state index in [0.717, 1.165) is 6.29 Å². The van der Waals surface area contributed by atoms with E-state index >= 15 is 0 Å². The summed E-state index contributed by atoms with van der Waals surface area (Å²) >= 11 is 0. The number of rotatable bonds is 3. The van der Waals surface area contributed by atoms with Crippen LogP contribution in [0.5, 0.6) is 0 Å². The van der Waals surface area contributed by atoms with E-state index in [-0.39, 0.29) is 5.69 Å². The standard InChI is InChI=1S/C6H5NO2.C5H10O/c8-7(9)6-4-2-1-3-5-6;1-5(2)3-4-6/h1-5H;4-5H,3H2,1-2H3. The van der Waals surface area contributed by atoms with Gasteiger partial charge in [-0.2, -0.15) is 0 Å². The van der Waals surface area contributed by atoms with Crippen LogP contribution < -0.4 is 0 Å². The second-order valence-electron chi connectivity index (χ2n) is 3.39. The summed E-state index contributed by atoms with van der Waals surface area (Å²) in [4.78, 5) is 19.2.